The predicted molar refractivity (Wildman–Crippen MR) is 151 cm³/mol. The zero-order valence-electron chi connectivity index (χ0n) is 22.8. The Kier molecular flexibility index (Phi) is 8.67. The minimum Gasteiger partial charge on any atom is -0.482 e. The van der Waals surface area contributed by atoms with E-state index in [0.29, 0.717) is 35.1 Å². The number of alkyl halides is 3. The number of pyridine rings is 1. The van der Waals surface area contributed by atoms with Crippen molar-refractivity contribution in [1.29, 1.82) is 0 Å². The first-order valence-corrected chi connectivity index (χ1v) is 13.4. The third kappa shape index (κ3) is 7.01. The van der Waals surface area contributed by atoms with E-state index in [1.165, 1.54) is 11.0 Å². The van der Waals surface area contributed by atoms with Crippen molar-refractivity contribution >= 4 is 23.5 Å². The van der Waals surface area contributed by atoms with Gasteiger partial charge in [-0.15, -0.1) is 5.10 Å². The maximum Gasteiger partial charge on any atom is 0.490 e. The second-order valence-electron chi connectivity index (χ2n) is 9.61. The van der Waals surface area contributed by atoms with Gasteiger partial charge in [0.05, 0.1) is 23.6 Å². The van der Waals surface area contributed by atoms with Gasteiger partial charge in [0.2, 0.25) is 0 Å². The Bertz CT molecular complexity index is 1920. The van der Waals surface area contributed by atoms with Crippen molar-refractivity contribution in [2.45, 2.75) is 25.1 Å². The fourth-order valence-electron chi connectivity index (χ4n) is 4.77. The zero-order valence-corrected chi connectivity index (χ0v) is 23.5. The van der Waals surface area contributed by atoms with Gasteiger partial charge in [0.25, 0.3) is 5.56 Å². The summed E-state index contributed by atoms with van der Waals surface area (Å²) in [7, 11) is 0. The van der Waals surface area contributed by atoms with Crippen molar-refractivity contribution in [3.63, 3.8) is 0 Å². The predicted octanol–water partition coefficient (Wildman–Crippen LogP) is 4.17. The Morgan fingerprint density at radius 3 is 2.56 bits per heavy atom. The molecule has 2 aromatic carbocycles. The van der Waals surface area contributed by atoms with E-state index >= 15 is 0 Å². The average molecular weight is 644 g/mol. The average Bonchev–Trinajstić information content (AvgIpc) is 3.77. The summed E-state index contributed by atoms with van der Waals surface area (Å²) in [4.78, 5) is 41.0. The quantitative estimate of drug-likeness (QED) is 0.233. The molecule has 232 valence electrons. The van der Waals surface area contributed by atoms with Gasteiger partial charge in [-0.1, -0.05) is 23.7 Å². The number of H-pyrrole nitrogens is 1. The van der Waals surface area contributed by atoms with Crippen LogP contribution in [0.3, 0.4) is 0 Å². The topological polar surface area (TPSA) is 178 Å². The number of rotatable bonds is 7. The molecule has 0 spiro atoms. The molecule has 5 aromatic rings. The number of nitrogens with one attached hydrogen (secondary N) is 1. The highest BCUT2D eigenvalue weighted by Gasteiger charge is 2.38. The number of aromatic amines is 1. The number of hydrogen-bond acceptors (Lipinski definition) is 8. The summed E-state index contributed by atoms with van der Waals surface area (Å²) < 4.78 is 40.3. The van der Waals surface area contributed by atoms with Gasteiger partial charge in [-0.3, -0.25) is 4.79 Å². The lowest BCUT2D eigenvalue weighted by Crippen LogP contribution is -2.23. The third-order valence-corrected chi connectivity index (χ3v) is 6.90. The first-order chi connectivity index (χ1) is 21.4. The Labute approximate surface area is 255 Å². The fraction of sp³-hybridized carbons (Fsp3) is 0.179. The summed E-state index contributed by atoms with van der Waals surface area (Å²) in [5, 5.41) is 27.9. The van der Waals surface area contributed by atoms with Gasteiger partial charge in [-0.05, 0) is 65.2 Å². The van der Waals surface area contributed by atoms with Gasteiger partial charge < -0.3 is 24.5 Å². The van der Waals surface area contributed by atoms with Crippen LogP contribution in [0.4, 0.5) is 13.2 Å². The molecule has 0 saturated carbocycles. The fourth-order valence-corrected chi connectivity index (χ4v) is 4.94. The molecular weight excluding hydrogens is 623 g/mol. The molecule has 17 heteroatoms. The van der Waals surface area contributed by atoms with E-state index in [1.807, 2.05) is 18.2 Å². The van der Waals surface area contributed by atoms with Crippen LogP contribution < -0.4 is 10.3 Å². The maximum absolute atomic E-state index is 13.4. The van der Waals surface area contributed by atoms with E-state index < -0.39 is 24.7 Å². The van der Waals surface area contributed by atoms with Crippen LogP contribution in [-0.4, -0.2) is 69.7 Å². The summed E-state index contributed by atoms with van der Waals surface area (Å²) >= 11 is 6.29. The number of fused-ring (bicyclic) bond motifs is 1. The molecule has 4 heterocycles. The minimum atomic E-state index is -5.08. The van der Waals surface area contributed by atoms with Crippen LogP contribution in [0.15, 0.2) is 71.9 Å². The largest absolute Gasteiger partial charge is 0.490 e. The number of aliphatic carboxylic acids is 2. The monoisotopic (exact) mass is 643 g/mol. The van der Waals surface area contributed by atoms with Crippen molar-refractivity contribution in [2.24, 2.45) is 0 Å². The van der Waals surface area contributed by atoms with E-state index in [2.05, 4.69) is 25.5 Å². The van der Waals surface area contributed by atoms with E-state index in [0.717, 1.165) is 28.1 Å². The number of imidazole rings is 1. The first kappa shape index (κ1) is 30.9. The lowest BCUT2D eigenvalue weighted by molar-refractivity contribution is -0.192. The Balaban J connectivity index is 0.000000515. The molecule has 0 amide bonds. The second-order valence-corrected chi connectivity index (χ2v) is 10.0. The highest BCUT2D eigenvalue weighted by Crippen LogP contribution is 2.34. The van der Waals surface area contributed by atoms with Crippen molar-refractivity contribution in [2.75, 3.05) is 6.61 Å². The molecule has 6 rings (SSSR count). The van der Waals surface area contributed by atoms with E-state index in [1.54, 1.807) is 47.2 Å². The molecule has 1 aliphatic heterocycles. The normalized spacial score (nSPS) is 13.9. The van der Waals surface area contributed by atoms with Crippen LogP contribution in [0.1, 0.15) is 24.0 Å². The van der Waals surface area contributed by atoms with Gasteiger partial charge in [0.15, 0.2) is 6.61 Å². The number of aryl methyl sites for hydroxylation is 1. The number of carboxylic acid groups (broad SMARTS) is 2. The number of nitrogens with zero attached hydrogens (tertiary/aromatic N) is 6. The summed E-state index contributed by atoms with van der Waals surface area (Å²) in [6.45, 7) is -0.423. The molecule has 0 radical (unpaired) electrons. The lowest BCUT2D eigenvalue weighted by atomic mass is 10.0. The number of hydrogen-bond donors (Lipinski definition) is 3. The third-order valence-electron chi connectivity index (χ3n) is 6.66. The minimum absolute atomic E-state index is 0.148. The van der Waals surface area contributed by atoms with Crippen LogP contribution >= 0.6 is 11.6 Å². The summed E-state index contributed by atoms with van der Waals surface area (Å²) in [6, 6.07) is 15.8. The Morgan fingerprint density at radius 1 is 1.09 bits per heavy atom. The molecule has 0 aliphatic carbocycles. The van der Waals surface area contributed by atoms with Gasteiger partial charge in [-0.2, -0.15) is 17.9 Å². The molecule has 45 heavy (non-hydrogen) atoms. The SMILES string of the molecule is O=C(O)C(F)(F)F.O=C(O)COc1cccc(-c2cnc([C@@H]3CCc4cc(-c5cc(Cl)ccc5-n5cnnn5)cc(=O)n43)[nH]2)c1. The van der Waals surface area contributed by atoms with Crippen LogP contribution in [0, 0.1) is 0 Å². The van der Waals surface area contributed by atoms with Gasteiger partial charge in [0.1, 0.15) is 17.9 Å². The van der Waals surface area contributed by atoms with Crippen LogP contribution in [-0.2, 0) is 16.0 Å². The van der Waals surface area contributed by atoms with E-state index in [9.17, 15) is 22.8 Å². The highest BCUT2D eigenvalue weighted by molar-refractivity contribution is 6.31. The van der Waals surface area contributed by atoms with Gasteiger partial charge in [0, 0.05) is 27.9 Å². The lowest BCUT2D eigenvalue weighted by Gasteiger charge is -2.15. The molecule has 0 unspecified atom stereocenters. The summed E-state index contributed by atoms with van der Waals surface area (Å²) in [6.07, 6.45) is -0.481. The molecule has 3 aromatic heterocycles. The number of carboxylic acids is 2. The van der Waals surface area contributed by atoms with Crippen LogP contribution in [0.25, 0.3) is 28.1 Å². The molecule has 13 nitrogen and oxygen atoms in total. The molecule has 0 saturated heterocycles. The second kappa shape index (κ2) is 12.6. The summed E-state index contributed by atoms with van der Waals surface area (Å²) in [5.74, 6) is -2.69. The number of aromatic nitrogens is 7. The number of ether oxygens (including phenoxy) is 1. The Hall–Kier alpha value is -5.51. The number of carbonyl (C=O) groups is 2. The maximum atomic E-state index is 13.4. The number of benzene rings is 2. The molecule has 1 aliphatic rings. The first-order valence-electron chi connectivity index (χ1n) is 13.0. The standard InChI is InChI=1S/C26H20ClN7O4.C2HF3O2/c27-17-4-6-22(33-14-29-31-32-33)20(11-17)16-8-18-5-7-23(34(18)24(35)10-16)26-28-12-21(30-26)15-2-1-3-19(9-15)38-13-25(36)37;3-2(4,5)1(6)7/h1-4,6,8-12,14,23H,5,7,13H2,(H,28,30)(H,36,37);(H,6,7)/t23-;/m0./s1. The Morgan fingerprint density at radius 2 is 1.87 bits per heavy atom. The highest BCUT2D eigenvalue weighted by atomic mass is 35.5. The zero-order chi connectivity index (χ0) is 32.3. The van der Waals surface area contributed by atoms with E-state index in [-0.39, 0.29) is 11.6 Å². The molecular formula is C28H21ClF3N7O6. The number of halogens is 4. The van der Waals surface area contributed by atoms with Crippen LogP contribution in [0.5, 0.6) is 5.75 Å². The summed E-state index contributed by atoms with van der Waals surface area (Å²) in [5.41, 5.74) is 4.47. The van der Waals surface area contributed by atoms with E-state index in [4.69, 9.17) is 31.3 Å². The number of tetrazole rings is 1. The molecule has 0 fully saturated rings. The smallest absolute Gasteiger partial charge is 0.482 e. The van der Waals surface area contributed by atoms with Crippen molar-refractivity contribution in [3.05, 3.63) is 94.0 Å². The van der Waals surface area contributed by atoms with Crippen molar-refractivity contribution in [3.8, 4) is 33.8 Å². The van der Waals surface area contributed by atoms with Gasteiger partial charge >= 0.3 is 18.1 Å². The van der Waals surface area contributed by atoms with Crippen molar-refractivity contribution in [1.82, 2.24) is 34.7 Å². The molecule has 0 bridgehead atoms. The molecule has 1 atom stereocenters. The van der Waals surface area contributed by atoms with Crippen LogP contribution in [0.2, 0.25) is 5.02 Å². The van der Waals surface area contributed by atoms with Gasteiger partial charge in [-0.25, -0.2) is 14.6 Å². The molecule has 3 N–H and O–H groups in total. The van der Waals surface area contributed by atoms with Crippen molar-refractivity contribution < 1.29 is 37.7 Å².